The third kappa shape index (κ3) is 2.43. The number of hydrogen-bond donors (Lipinski definition) is 3. The Morgan fingerprint density at radius 2 is 2.15 bits per heavy atom. The number of nitrogens with zero attached hydrogens (tertiary/aromatic N) is 2. The third-order valence-electron chi connectivity index (χ3n) is 3.05. The molecule has 8 heteroatoms. The number of aliphatic hydroxyl groups excluding tert-OH is 2. The zero-order chi connectivity index (χ0) is 14.9. The number of esters is 1. The average molecular weight is 297 g/mol. The molecule has 2 rings (SSSR count). The summed E-state index contributed by atoms with van der Waals surface area (Å²) in [5.74, 6) is -0.603. The Labute approximate surface area is 119 Å². The van der Waals surface area contributed by atoms with Gasteiger partial charge in [0.15, 0.2) is 0 Å². The van der Waals surface area contributed by atoms with Crippen molar-refractivity contribution in [2.45, 2.75) is 19.1 Å². The lowest BCUT2D eigenvalue weighted by molar-refractivity contribution is 0.0529. The molecule has 0 aliphatic carbocycles. The topological polar surface area (TPSA) is 120 Å². The Hall–Kier alpha value is -1.82. The van der Waals surface area contributed by atoms with E-state index >= 15 is 0 Å². The Morgan fingerprint density at radius 1 is 1.55 bits per heavy atom. The number of β-amino-alcohol motifs (C(OH)–C–C–N with tert-alkyl or cyclic N) is 2. The van der Waals surface area contributed by atoms with Crippen molar-refractivity contribution in [3.63, 3.8) is 0 Å². The minimum absolute atomic E-state index is 0.0850. The molecule has 108 valence electrons. The first-order valence-corrected chi connectivity index (χ1v) is 6.91. The quantitative estimate of drug-likeness (QED) is 0.667. The van der Waals surface area contributed by atoms with Gasteiger partial charge in [0.1, 0.15) is 21.5 Å². The summed E-state index contributed by atoms with van der Waals surface area (Å²) in [6, 6.07) is 1.93. The number of hydrogen-bond acceptors (Lipinski definition) is 8. The number of carbonyl (C=O) groups excluding carboxylic acids is 1. The van der Waals surface area contributed by atoms with Crippen LogP contribution in [-0.4, -0.2) is 48.1 Å². The summed E-state index contributed by atoms with van der Waals surface area (Å²) in [5, 5.41) is 28.7. The second-order valence-electron chi connectivity index (χ2n) is 4.40. The van der Waals surface area contributed by atoms with E-state index in [1.54, 1.807) is 11.8 Å². The van der Waals surface area contributed by atoms with Crippen LogP contribution >= 0.6 is 11.3 Å². The van der Waals surface area contributed by atoms with Crippen LogP contribution in [-0.2, 0) is 4.74 Å². The summed E-state index contributed by atoms with van der Waals surface area (Å²) in [6.07, 6.45) is -1.78. The van der Waals surface area contributed by atoms with E-state index in [0.717, 1.165) is 11.3 Å². The lowest BCUT2D eigenvalue weighted by Gasteiger charge is -2.17. The monoisotopic (exact) mass is 297 g/mol. The van der Waals surface area contributed by atoms with Gasteiger partial charge in [0.2, 0.25) is 0 Å². The molecular formula is C12H15N3O4S. The van der Waals surface area contributed by atoms with Gasteiger partial charge in [0.05, 0.1) is 24.5 Å². The fourth-order valence-electron chi connectivity index (χ4n) is 2.07. The van der Waals surface area contributed by atoms with Gasteiger partial charge in [-0.15, -0.1) is 11.3 Å². The van der Waals surface area contributed by atoms with Gasteiger partial charge in [-0.3, -0.25) is 0 Å². The molecule has 0 bridgehead atoms. The highest BCUT2D eigenvalue weighted by Gasteiger charge is 2.35. The number of ether oxygens (including phenoxy) is 1. The molecule has 2 heterocycles. The van der Waals surface area contributed by atoms with Crippen molar-refractivity contribution in [3.05, 3.63) is 10.4 Å². The second-order valence-corrected chi connectivity index (χ2v) is 5.40. The van der Waals surface area contributed by atoms with Crippen molar-refractivity contribution < 1.29 is 19.7 Å². The van der Waals surface area contributed by atoms with Gasteiger partial charge in [-0.2, -0.15) is 5.26 Å². The Morgan fingerprint density at radius 3 is 2.65 bits per heavy atom. The summed E-state index contributed by atoms with van der Waals surface area (Å²) in [4.78, 5) is 13.8. The summed E-state index contributed by atoms with van der Waals surface area (Å²) in [6.45, 7) is 2.23. The van der Waals surface area contributed by atoms with E-state index in [2.05, 4.69) is 0 Å². The standard InChI is InChI=1S/C12H15N3O4S/c1-2-19-12(18)9-10(14)8(3-13)20-11(9)15-4-6(16)7(17)5-15/h6-7,16-17H,2,4-5,14H2,1H3. The number of nitriles is 1. The van der Waals surface area contributed by atoms with Crippen molar-refractivity contribution in [2.24, 2.45) is 0 Å². The molecule has 0 saturated carbocycles. The molecular weight excluding hydrogens is 282 g/mol. The molecule has 1 aromatic rings. The van der Waals surface area contributed by atoms with Gasteiger partial charge in [-0.25, -0.2) is 4.79 Å². The number of carbonyl (C=O) groups is 1. The van der Waals surface area contributed by atoms with Crippen LogP contribution in [0.2, 0.25) is 0 Å². The maximum absolute atomic E-state index is 12.0. The van der Waals surface area contributed by atoms with Gasteiger partial charge in [-0.1, -0.05) is 0 Å². The molecule has 20 heavy (non-hydrogen) atoms. The number of thiophene rings is 1. The number of anilines is 2. The molecule has 0 radical (unpaired) electrons. The number of rotatable bonds is 3. The van der Waals surface area contributed by atoms with Crippen LogP contribution in [0.5, 0.6) is 0 Å². The maximum atomic E-state index is 12.0. The van der Waals surface area contributed by atoms with E-state index in [0.29, 0.717) is 5.00 Å². The van der Waals surface area contributed by atoms with Crippen molar-refractivity contribution in [2.75, 3.05) is 30.3 Å². The molecule has 2 unspecified atom stereocenters. The normalized spacial score (nSPS) is 21.8. The van der Waals surface area contributed by atoms with Crippen LogP contribution in [0.3, 0.4) is 0 Å². The van der Waals surface area contributed by atoms with E-state index in [-0.39, 0.29) is 35.8 Å². The predicted molar refractivity (Wildman–Crippen MR) is 73.6 cm³/mol. The van der Waals surface area contributed by atoms with E-state index in [4.69, 9.17) is 15.7 Å². The Balaban J connectivity index is 2.42. The van der Waals surface area contributed by atoms with E-state index in [1.165, 1.54) is 0 Å². The third-order valence-corrected chi connectivity index (χ3v) is 4.22. The highest BCUT2D eigenvalue weighted by atomic mass is 32.1. The number of aliphatic hydroxyl groups is 2. The maximum Gasteiger partial charge on any atom is 0.343 e. The molecule has 7 nitrogen and oxygen atoms in total. The highest BCUT2D eigenvalue weighted by molar-refractivity contribution is 7.17. The van der Waals surface area contributed by atoms with Crippen molar-refractivity contribution in [1.29, 1.82) is 5.26 Å². The van der Waals surface area contributed by atoms with Crippen LogP contribution in [0.15, 0.2) is 0 Å². The second kappa shape index (κ2) is 5.66. The molecule has 2 atom stereocenters. The van der Waals surface area contributed by atoms with Crippen LogP contribution in [0.25, 0.3) is 0 Å². The first-order chi connectivity index (χ1) is 9.49. The lowest BCUT2D eigenvalue weighted by Crippen LogP contribution is -2.22. The van der Waals surface area contributed by atoms with Crippen LogP contribution < -0.4 is 10.6 Å². The molecule has 0 amide bonds. The summed E-state index contributed by atoms with van der Waals surface area (Å²) in [5.41, 5.74) is 6.04. The van der Waals surface area contributed by atoms with Gasteiger partial charge in [0.25, 0.3) is 0 Å². The van der Waals surface area contributed by atoms with Gasteiger partial charge >= 0.3 is 5.97 Å². The molecule has 1 saturated heterocycles. The highest BCUT2D eigenvalue weighted by Crippen LogP contribution is 2.39. The molecule has 1 aliphatic rings. The van der Waals surface area contributed by atoms with Crippen molar-refractivity contribution in [3.8, 4) is 6.07 Å². The molecule has 0 spiro atoms. The minimum atomic E-state index is -0.890. The van der Waals surface area contributed by atoms with E-state index in [1.807, 2.05) is 6.07 Å². The average Bonchev–Trinajstić information content (AvgIpc) is 2.90. The minimum Gasteiger partial charge on any atom is -0.462 e. The van der Waals surface area contributed by atoms with Crippen molar-refractivity contribution >= 4 is 28.0 Å². The molecule has 1 aromatic heterocycles. The van der Waals surface area contributed by atoms with Gasteiger partial charge < -0.3 is 25.6 Å². The zero-order valence-electron chi connectivity index (χ0n) is 10.9. The molecule has 1 aliphatic heterocycles. The fraction of sp³-hybridized carbons (Fsp3) is 0.500. The van der Waals surface area contributed by atoms with Crippen LogP contribution in [0, 0.1) is 11.3 Å². The molecule has 4 N–H and O–H groups in total. The van der Waals surface area contributed by atoms with E-state index < -0.39 is 18.2 Å². The SMILES string of the molecule is CCOC(=O)c1c(N2CC(O)C(O)C2)sc(C#N)c1N. The number of nitrogen functional groups attached to an aromatic ring is 1. The number of nitrogens with two attached hydrogens (primary N) is 1. The lowest BCUT2D eigenvalue weighted by atomic mass is 10.2. The first-order valence-electron chi connectivity index (χ1n) is 6.10. The van der Waals surface area contributed by atoms with E-state index in [9.17, 15) is 15.0 Å². The molecule has 0 aromatic carbocycles. The smallest absolute Gasteiger partial charge is 0.343 e. The summed E-state index contributed by atoms with van der Waals surface area (Å²) in [7, 11) is 0. The predicted octanol–water partition coefficient (Wildman–Crippen LogP) is -0.0795. The summed E-state index contributed by atoms with van der Waals surface area (Å²) >= 11 is 1.06. The van der Waals surface area contributed by atoms with Crippen LogP contribution in [0.4, 0.5) is 10.7 Å². The first kappa shape index (κ1) is 14.6. The van der Waals surface area contributed by atoms with Gasteiger partial charge in [0, 0.05) is 13.1 Å². The summed E-state index contributed by atoms with van der Waals surface area (Å²) < 4.78 is 4.95. The van der Waals surface area contributed by atoms with Crippen molar-refractivity contribution in [1.82, 2.24) is 0 Å². The van der Waals surface area contributed by atoms with Gasteiger partial charge in [-0.05, 0) is 6.92 Å². The zero-order valence-corrected chi connectivity index (χ0v) is 11.7. The Bertz CT molecular complexity index is 556. The largest absolute Gasteiger partial charge is 0.462 e. The fourth-order valence-corrected chi connectivity index (χ4v) is 3.10. The Kier molecular flexibility index (Phi) is 4.13. The molecule has 1 fully saturated rings. The van der Waals surface area contributed by atoms with Crippen LogP contribution in [0.1, 0.15) is 22.2 Å².